The number of rotatable bonds is 6. The fourth-order valence-electron chi connectivity index (χ4n) is 2.29. The summed E-state index contributed by atoms with van der Waals surface area (Å²) in [7, 11) is 1.56. The van der Waals surface area contributed by atoms with Crippen molar-refractivity contribution in [3.8, 4) is 23.0 Å². The summed E-state index contributed by atoms with van der Waals surface area (Å²) in [5, 5.41) is 23.3. The van der Waals surface area contributed by atoms with Crippen LogP contribution in [0.5, 0.6) is 5.75 Å². The van der Waals surface area contributed by atoms with Crippen LogP contribution in [0.15, 0.2) is 42.6 Å². The molecule has 0 fully saturated rings. The van der Waals surface area contributed by atoms with E-state index in [2.05, 4.69) is 25.7 Å². The normalized spacial score (nSPS) is 10.4. The van der Waals surface area contributed by atoms with Gasteiger partial charge in [-0.05, 0) is 35.4 Å². The van der Waals surface area contributed by atoms with Gasteiger partial charge in [0, 0.05) is 18.8 Å². The minimum absolute atomic E-state index is 0.302. The predicted octanol–water partition coefficient (Wildman–Crippen LogP) is 1.54. The molecule has 3 aromatic rings. The maximum atomic E-state index is 10.5. The first-order valence-corrected chi connectivity index (χ1v) is 7.53. The third kappa shape index (κ3) is 3.89. The van der Waals surface area contributed by atoms with E-state index in [4.69, 9.17) is 9.84 Å². The van der Waals surface area contributed by atoms with Crippen LogP contribution in [-0.4, -0.2) is 50.0 Å². The summed E-state index contributed by atoms with van der Waals surface area (Å²) >= 11 is 0. The van der Waals surface area contributed by atoms with Crippen molar-refractivity contribution in [1.82, 2.24) is 30.5 Å². The number of nitrogens with zero attached hydrogens (tertiary/aromatic N) is 5. The zero-order chi connectivity index (χ0) is 17.6. The number of hydrogen-bond donors (Lipinski definition) is 2. The Morgan fingerprint density at radius 2 is 2.20 bits per heavy atom. The fraction of sp³-hybridized carbons (Fsp3) is 0.188. The molecule has 0 radical (unpaired) electrons. The van der Waals surface area contributed by atoms with Gasteiger partial charge in [-0.15, -0.1) is 15.0 Å². The fourth-order valence-corrected chi connectivity index (χ4v) is 2.29. The van der Waals surface area contributed by atoms with E-state index < -0.39 is 6.09 Å². The SMILES string of the molecule is COc1cc(-n2nnc(-c3ccccn3)n2)ccc1CCNC(=O)O. The van der Waals surface area contributed by atoms with Crippen LogP contribution in [0.3, 0.4) is 0 Å². The van der Waals surface area contributed by atoms with Crippen LogP contribution in [-0.2, 0) is 6.42 Å². The largest absolute Gasteiger partial charge is 0.496 e. The van der Waals surface area contributed by atoms with E-state index in [0.717, 1.165) is 5.56 Å². The molecule has 9 nitrogen and oxygen atoms in total. The Labute approximate surface area is 143 Å². The Bertz CT molecular complexity index is 865. The van der Waals surface area contributed by atoms with Crippen molar-refractivity contribution < 1.29 is 14.6 Å². The number of pyridine rings is 1. The summed E-state index contributed by atoms with van der Waals surface area (Å²) in [4.78, 5) is 16.1. The van der Waals surface area contributed by atoms with Crippen molar-refractivity contribution in [2.75, 3.05) is 13.7 Å². The summed E-state index contributed by atoms with van der Waals surface area (Å²) in [5.74, 6) is 1.05. The lowest BCUT2D eigenvalue weighted by molar-refractivity contribution is 0.194. The Hall–Kier alpha value is -3.49. The number of methoxy groups -OCH3 is 1. The first-order valence-electron chi connectivity index (χ1n) is 7.53. The van der Waals surface area contributed by atoms with Crippen LogP contribution < -0.4 is 10.1 Å². The number of hydrogen-bond acceptors (Lipinski definition) is 6. The monoisotopic (exact) mass is 340 g/mol. The van der Waals surface area contributed by atoms with Gasteiger partial charge in [0.25, 0.3) is 0 Å². The van der Waals surface area contributed by atoms with Crippen molar-refractivity contribution >= 4 is 6.09 Å². The molecule has 128 valence electrons. The van der Waals surface area contributed by atoms with Gasteiger partial charge >= 0.3 is 6.09 Å². The molecule has 1 amide bonds. The first kappa shape index (κ1) is 16.4. The van der Waals surface area contributed by atoms with E-state index in [1.165, 1.54) is 4.80 Å². The van der Waals surface area contributed by atoms with Gasteiger partial charge in [0.05, 0.1) is 12.8 Å². The number of aromatic nitrogens is 5. The van der Waals surface area contributed by atoms with Crippen LogP contribution in [0.4, 0.5) is 4.79 Å². The Morgan fingerprint density at radius 3 is 2.92 bits per heavy atom. The topological polar surface area (TPSA) is 115 Å². The lowest BCUT2D eigenvalue weighted by atomic mass is 10.1. The second kappa shape index (κ2) is 7.39. The van der Waals surface area contributed by atoms with Crippen molar-refractivity contribution in [3.63, 3.8) is 0 Å². The Balaban J connectivity index is 1.81. The summed E-state index contributed by atoms with van der Waals surface area (Å²) < 4.78 is 5.38. The number of amides is 1. The zero-order valence-electron chi connectivity index (χ0n) is 13.5. The molecule has 2 aromatic heterocycles. The highest BCUT2D eigenvalue weighted by molar-refractivity contribution is 5.64. The summed E-state index contributed by atoms with van der Waals surface area (Å²) in [6, 6.07) is 10.9. The van der Waals surface area contributed by atoms with Gasteiger partial charge in [0.15, 0.2) is 0 Å². The van der Waals surface area contributed by atoms with Gasteiger partial charge < -0.3 is 15.2 Å². The van der Waals surface area contributed by atoms with E-state index in [1.807, 2.05) is 24.3 Å². The van der Waals surface area contributed by atoms with Crippen molar-refractivity contribution in [1.29, 1.82) is 0 Å². The van der Waals surface area contributed by atoms with Crippen molar-refractivity contribution in [2.45, 2.75) is 6.42 Å². The number of carbonyl (C=O) groups is 1. The molecule has 2 heterocycles. The van der Waals surface area contributed by atoms with Crippen molar-refractivity contribution in [3.05, 3.63) is 48.2 Å². The molecule has 0 saturated heterocycles. The first-order chi connectivity index (χ1) is 12.2. The molecule has 0 bridgehead atoms. The minimum Gasteiger partial charge on any atom is -0.496 e. The summed E-state index contributed by atoms with van der Waals surface area (Å²) in [6.45, 7) is 0.302. The van der Waals surface area contributed by atoms with Gasteiger partial charge in [0.2, 0.25) is 5.82 Å². The average molecular weight is 340 g/mol. The van der Waals surface area contributed by atoms with Crippen LogP contribution >= 0.6 is 0 Å². The zero-order valence-corrected chi connectivity index (χ0v) is 13.5. The molecule has 0 aliphatic heterocycles. The maximum Gasteiger partial charge on any atom is 0.404 e. The average Bonchev–Trinajstić information content (AvgIpc) is 3.12. The second-order valence-electron chi connectivity index (χ2n) is 5.10. The third-order valence-corrected chi connectivity index (χ3v) is 3.48. The molecular weight excluding hydrogens is 324 g/mol. The molecule has 2 N–H and O–H groups in total. The molecular formula is C16H16N6O3. The number of ether oxygens (including phenoxy) is 1. The number of nitrogens with one attached hydrogen (secondary N) is 1. The summed E-state index contributed by atoms with van der Waals surface area (Å²) in [6.07, 6.45) is 1.13. The lowest BCUT2D eigenvalue weighted by Gasteiger charge is -2.10. The maximum absolute atomic E-state index is 10.5. The van der Waals surface area contributed by atoms with E-state index in [0.29, 0.717) is 35.9 Å². The third-order valence-electron chi connectivity index (χ3n) is 3.48. The molecule has 0 aliphatic carbocycles. The smallest absolute Gasteiger partial charge is 0.404 e. The molecule has 0 aliphatic rings. The molecule has 25 heavy (non-hydrogen) atoms. The highest BCUT2D eigenvalue weighted by Gasteiger charge is 2.11. The predicted molar refractivity (Wildman–Crippen MR) is 88.7 cm³/mol. The molecule has 0 spiro atoms. The molecule has 0 saturated carbocycles. The van der Waals surface area contributed by atoms with E-state index in [9.17, 15) is 4.79 Å². The Morgan fingerprint density at radius 1 is 1.32 bits per heavy atom. The molecule has 0 atom stereocenters. The lowest BCUT2D eigenvalue weighted by Crippen LogP contribution is -2.23. The quantitative estimate of drug-likeness (QED) is 0.699. The van der Waals surface area contributed by atoms with Crippen molar-refractivity contribution in [2.24, 2.45) is 0 Å². The second-order valence-corrected chi connectivity index (χ2v) is 5.10. The molecule has 3 rings (SSSR count). The van der Waals surface area contributed by atoms with Crippen LogP contribution in [0.1, 0.15) is 5.56 Å². The highest BCUT2D eigenvalue weighted by Crippen LogP contribution is 2.22. The van der Waals surface area contributed by atoms with Gasteiger partial charge in [-0.2, -0.15) is 0 Å². The van der Waals surface area contributed by atoms with Crippen LogP contribution in [0.25, 0.3) is 17.2 Å². The van der Waals surface area contributed by atoms with Gasteiger partial charge in [-0.1, -0.05) is 12.1 Å². The van der Waals surface area contributed by atoms with Gasteiger partial charge in [-0.25, -0.2) is 4.79 Å². The van der Waals surface area contributed by atoms with Gasteiger partial charge in [0.1, 0.15) is 11.4 Å². The Kier molecular flexibility index (Phi) is 4.84. The standard InChI is InChI=1S/C16H16N6O3/c1-25-14-10-12(6-5-11(14)7-9-18-16(23)24)22-20-15(19-21-22)13-4-2-3-8-17-13/h2-6,8,10,18H,7,9H2,1H3,(H,23,24). The minimum atomic E-state index is -1.05. The van der Waals surface area contributed by atoms with Crippen LogP contribution in [0, 0.1) is 0 Å². The van der Waals surface area contributed by atoms with Crippen LogP contribution in [0.2, 0.25) is 0 Å². The molecule has 1 aromatic carbocycles. The highest BCUT2D eigenvalue weighted by atomic mass is 16.5. The number of carboxylic acid groups (broad SMARTS) is 1. The van der Waals surface area contributed by atoms with E-state index >= 15 is 0 Å². The molecule has 0 unspecified atom stereocenters. The van der Waals surface area contributed by atoms with E-state index in [1.54, 1.807) is 25.4 Å². The summed E-state index contributed by atoms with van der Waals surface area (Å²) in [5.41, 5.74) is 2.20. The van der Waals surface area contributed by atoms with Gasteiger partial charge in [-0.3, -0.25) is 4.98 Å². The van der Waals surface area contributed by atoms with E-state index in [-0.39, 0.29) is 0 Å². The number of tetrazole rings is 1. The number of benzene rings is 1. The molecule has 9 heteroatoms.